The first-order valence-electron chi connectivity index (χ1n) is 9.73. The molecule has 1 saturated heterocycles. The molecule has 0 radical (unpaired) electrons. The zero-order valence-corrected chi connectivity index (χ0v) is 15.6. The SMILES string of the molecule is COc1ccc2[nH]cc(C3CCN(C(=O)[C@@H]4CC[C@H](C(=O)O)C4)CC3)c2c1. The fourth-order valence-corrected chi connectivity index (χ4v) is 4.69. The molecular weight excluding hydrogens is 344 g/mol. The number of benzene rings is 1. The number of methoxy groups -OCH3 is 1. The lowest BCUT2D eigenvalue weighted by atomic mass is 9.88. The highest BCUT2D eigenvalue weighted by Gasteiger charge is 2.37. The summed E-state index contributed by atoms with van der Waals surface area (Å²) in [5.74, 6) is 0.199. The van der Waals surface area contributed by atoms with Gasteiger partial charge in [-0.3, -0.25) is 9.59 Å². The summed E-state index contributed by atoms with van der Waals surface area (Å²) in [6, 6.07) is 6.06. The molecule has 6 nitrogen and oxygen atoms in total. The molecule has 0 unspecified atom stereocenters. The number of nitrogens with zero attached hydrogens (tertiary/aromatic N) is 1. The van der Waals surface area contributed by atoms with Gasteiger partial charge in [0.1, 0.15) is 5.75 Å². The Morgan fingerprint density at radius 3 is 2.56 bits per heavy atom. The summed E-state index contributed by atoms with van der Waals surface area (Å²) < 4.78 is 5.36. The van der Waals surface area contributed by atoms with Gasteiger partial charge in [-0.2, -0.15) is 0 Å². The minimum absolute atomic E-state index is 0.111. The van der Waals surface area contributed by atoms with Gasteiger partial charge in [0, 0.05) is 36.1 Å². The van der Waals surface area contributed by atoms with Gasteiger partial charge in [0.25, 0.3) is 0 Å². The van der Waals surface area contributed by atoms with E-state index in [-0.39, 0.29) is 17.7 Å². The number of likely N-dealkylation sites (tertiary alicyclic amines) is 1. The zero-order valence-electron chi connectivity index (χ0n) is 15.6. The molecule has 2 fully saturated rings. The Kier molecular flexibility index (Phi) is 4.81. The Labute approximate surface area is 158 Å². The number of carbonyl (C=O) groups is 2. The molecule has 0 bridgehead atoms. The van der Waals surface area contributed by atoms with Crippen molar-refractivity contribution in [2.24, 2.45) is 11.8 Å². The molecule has 2 N–H and O–H groups in total. The van der Waals surface area contributed by atoms with Gasteiger partial charge in [-0.05, 0) is 61.8 Å². The topological polar surface area (TPSA) is 82.6 Å². The second kappa shape index (κ2) is 7.25. The number of fused-ring (bicyclic) bond motifs is 1. The van der Waals surface area contributed by atoms with E-state index in [1.54, 1.807) is 7.11 Å². The highest BCUT2D eigenvalue weighted by Crippen LogP contribution is 2.37. The van der Waals surface area contributed by atoms with Gasteiger partial charge in [-0.25, -0.2) is 0 Å². The summed E-state index contributed by atoms with van der Waals surface area (Å²) in [4.78, 5) is 29.2. The number of aliphatic carboxylic acids is 1. The van der Waals surface area contributed by atoms with E-state index in [0.29, 0.717) is 25.2 Å². The van der Waals surface area contributed by atoms with Crippen molar-refractivity contribution in [2.75, 3.05) is 20.2 Å². The number of carboxylic acid groups (broad SMARTS) is 1. The lowest BCUT2D eigenvalue weighted by molar-refractivity contribution is -0.141. The summed E-state index contributed by atoms with van der Waals surface area (Å²) >= 11 is 0. The fourth-order valence-electron chi connectivity index (χ4n) is 4.69. The monoisotopic (exact) mass is 370 g/mol. The van der Waals surface area contributed by atoms with Crippen molar-refractivity contribution >= 4 is 22.8 Å². The van der Waals surface area contributed by atoms with Crippen LogP contribution in [0, 0.1) is 11.8 Å². The van der Waals surface area contributed by atoms with Gasteiger partial charge < -0.3 is 19.7 Å². The predicted molar refractivity (Wildman–Crippen MR) is 102 cm³/mol. The second-order valence-corrected chi connectivity index (χ2v) is 7.80. The molecule has 2 atom stereocenters. The van der Waals surface area contributed by atoms with Gasteiger partial charge in [0.05, 0.1) is 13.0 Å². The number of carbonyl (C=O) groups excluding carboxylic acids is 1. The van der Waals surface area contributed by atoms with E-state index < -0.39 is 5.97 Å². The van der Waals surface area contributed by atoms with Crippen LogP contribution in [0.1, 0.15) is 43.6 Å². The first-order valence-corrected chi connectivity index (χ1v) is 9.73. The molecule has 2 aliphatic rings. The Balaban J connectivity index is 1.41. The van der Waals surface area contributed by atoms with E-state index in [0.717, 1.165) is 37.2 Å². The van der Waals surface area contributed by atoms with Crippen molar-refractivity contribution in [1.29, 1.82) is 0 Å². The van der Waals surface area contributed by atoms with Crippen molar-refractivity contribution in [3.05, 3.63) is 30.0 Å². The maximum Gasteiger partial charge on any atom is 0.306 e. The van der Waals surface area contributed by atoms with Crippen LogP contribution in [0.2, 0.25) is 0 Å². The lowest BCUT2D eigenvalue weighted by Crippen LogP contribution is -2.41. The van der Waals surface area contributed by atoms with Crippen LogP contribution in [0.15, 0.2) is 24.4 Å². The molecule has 4 rings (SSSR count). The van der Waals surface area contributed by atoms with Crippen LogP contribution >= 0.6 is 0 Å². The molecule has 144 valence electrons. The van der Waals surface area contributed by atoms with Crippen LogP contribution in [0.3, 0.4) is 0 Å². The summed E-state index contributed by atoms with van der Waals surface area (Å²) in [6.45, 7) is 1.49. The fraction of sp³-hybridized carbons (Fsp3) is 0.524. The minimum atomic E-state index is -0.765. The maximum atomic E-state index is 12.8. The van der Waals surface area contributed by atoms with Crippen molar-refractivity contribution in [1.82, 2.24) is 9.88 Å². The van der Waals surface area contributed by atoms with Crippen molar-refractivity contribution in [2.45, 2.75) is 38.0 Å². The van der Waals surface area contributed by atoms with Gasteiger partial charge in [0.2, 0.25) is 5.91 Å². The number of nitrogens with one attached hydrogen (secondary N) is 1. The number of amides is 1. The number of H-pyrrole nitrogens is 1. The molecule has 1 amide bonds. The Morgan fingerprint density at radius 1 is 1.15 bits per heavy atom. The number of rotatable bonds is 4. The number of piperidine rings is 1. The van der Waals surface area contributed by atoms with Crippen molar-refractivity contribution < 1.29 is 19.4 Å². The number of aromatic amines is 1. The zero-order chi connectivity index (χ0) is 19.0. The number of aromatic nitrogens is 1. The van der Waals surface area contributed by atoms with Crippen LogP contribution in [0.25, 0.3) is 10.9 Å². The van der Waals surface area contributed by atoms with Gasteiger partial charge in [-0.1, -0.05) is 0 Å². The molecular formula is C21H26N2O4. The Morgan fingerprint density at radius 2 is 1.89 bits per heavy atom. The molecule has 0 spiro atoms. The normalized spacial score (nSPS) is 23.7. The van der Waals surface area contributed by atoms with Crippen molar-refractivity contribution in [3.63, 3.8) is 0 Å². The van der Waals surface area contributed by atoms with E-state index in [4.69, 9.17) is 9.84 Å². The van der Waals surface area contributed by atoms with Crippen LogP contribution < -0.4 is 4.74 Å². The third-order valence-corrected chi connectivity index (χ3v) is 6.30. The average molecular weight is 370 g/mol. The average Bonchev–Trinajstić information content (AvgIpc) is 3.34. The quantitative estimate of drug-likeness (QED) is 0.864. The summed E-state index contributed by atoms with van der Waals surface area (Å²) in [5.41, 5.74) is 2.40. The number of hydrogen-bond acceptors (Lipinski definition) is 3. The van der Waals surface area contributed by atoms with Crippen LogP contribution in [-0.2, 0) is 9.59 Å². The molecule has 2 heterocycles. The third kappa shape index (κ3) is 3.40. The first-order chi connectivity index (χ1) is 13.1. The molecule has 1 aromatic carbocycles. The summed E-state index contributed by atoms with van der Waals surface area (Å²) in [5, 5.41) is 10.3. The van der Waals surface area contributed by atoms with Crippen molar-refractivity contribution in [3.8, 4) is 5.75 Å². The van der Waals surface area contributed by atoms with Gasteiger partial charge in [-0.15, -0.1) is 0 Å². The molecule has 2 aromatic rings. The maximum absolute atomic E-state index is 12.8. The van der Waals surface area contributed by atoms with E-state index in [1.165, 1.54) is 10.9 Å². The van der Waals surface area contributed by atoms with E-state index in [9.17, 15) is 9.59 Å². The van der Waals surface area contributed by atoms with Gasteiger partial charge in [0.15, 0.2) is 0 Å². The largest absolute Gasteiger partial charge is 0.497 e. The smallest absolute Gasteiger partial charge is 0.306 e. The highest BCUT2D eigenvalue weighted by molar-refractivity contribution is 5.85. The predicted octanol–water partition coefficient (Wildman–Crippen LogP) is 3.38. The molecule has 27 heavy (non-hydrogen) atoms. The van der Waals surface area contributed by atoms with E-state index in [2.05, 4.69) is 17.2 Å². The Bertz CT molecular complexity index is 851. The number of ether oxygens (including phenoxy) is 1. The molecule has 1 aliphatic heterocycles. The first kappa shape index (κ1) is 17.9. The molecule has 1 aliphatic carbocycles. The summed E-state index contributed by atoms with van der Waals surface area (Å²) in [6.07, 6.45) is 5.78. The van der Waals surface area contributed by atoms with Crippen LogP contribution in [-0.4, -0.2) is 47.1 Å². The third-order valence-electron chi connectivity index (χ3n) is 6.30. The summed E-state index contributed by atoms with van der Waals surface area (Å²) in [7, 11) is 1.68. The Hall–Kier alpha value is -2.50. The molecule has 1 saturated carbocycles. The number of carboxylic acids is 1. The lowest BCUT2D eigenvalue weighted by Gasteiger charge is -2.33. The van der Waals surface area contributed by atoms with E-state index in [1.807, 2.05) is 17.0 Å². The molecule has 1 aromatic heterocycles. The second-order valence-electron chi connectivity index (χ2n) is 7.80. The highest BCUT2D eigenvalue weighted by atomic mass is 16.5. The minimum Gasteiger partial charge on any atom is -0.497 e. The van der Waals surface area contributed by atoms with Crippen LogP contribution in [0.4, 0.5) is 0 Å². The molecule has 6 heteroatoms. The standard InChI is InChI=1S/C21H26N2O4/c1-27-16-4-5-19-17(11-16)18(12-22-19)13-6-8-23(9-7-13)20(24)14-2-3-15(10-14)21(25)26/h4-5,11-15,22H,2-3,6-10H2,1H3,(H,25,26)/t14-,15+/m1/s1. The van der Waals surface area contributed by atoms with E-state index >= 15 is 0 Å². The van der Waals surface area contributed by atoms with Crippen LogP contribution in [0.5, 0.6) is 5.75 Å². The number of hydrogen-bond donors (Lipinski definition) is 2. The van der Waals surface area contributed by atoms with Gasteiger partial charge >= 0.3 is 5.97 Å².